The van der Waals surface area contributed by atoms with Gasteiger partial charge in [0.15, 0.2) is 0 Å². The van der Waals surface area contributed by atoms with Crippen molar-refractivity contribution in [3.63, 3.8) is 0 Å². The summed E-state index contributed by atoms with van der Waals surface area (Å²) < 4.78 is 43.2. The van der Waals surface area contributed by atoms with Crippen LogP contribution in [0.1, 0.15) is 5.56 Å². The largest absolute Gasteiger partial charge is 0.491 e. The molecule has 2 aromatic carbocycles. The first kappa shape index (κ1) is 16.8. The lowest BCUT2D eigenvalue weighted by atomic mass is 10.2. The Morgan fingerprint density at radius 2 is 1.92 bits per heavy atom. The molecule has 0 spiro atoms. The molecule has 24 heavy (non-hydrogen) atoms. The lowest BCUT2D eigenvalue weighted by Gasteiger charge is -2.13. The van der Waals surface area contributed by atoms with E-state index in [0.717, 1.165) is 5.56 Å². The molecule has 0 aliphatic carbocycles. The van der Waals surface area contributed by atoms with Gasteiger partial charge >= 0.3 is 0 Å². The van der Waals surface area contributed by atoms with E-state index >= 15 is 0 Å². The SMILES string of the molecule is CNS(=O)(=O)c1cc(OCC2CO2)ccc1OCc1ccccc1. The van der Waals surface area contributed by atoms with Crippen LogP contribution in [0, 0.1) is 0 Å². The van der Waals surface area contributed by atoms with Gasteiger partial charge in [-0.25, -0.2) is 13.1 Å². The summed E-state index contributed by atoms with van der Waals surface area (Å²) >= 11 is 0. The van der Waals surface area contributed by atoms with Gasteiger partial charge in [0.05, 0.1) is 6.61 Å². The van der Waals surface area contributed by atoms with Gasteiger partial charge in [0.2, 0.25) is 10.0 Å². The van der Waals surface area contributed by atoms with Crippen LogP contribution in [-0.4, -0.2) is 34.8 Å². The molecule has 0 aromatic heterocycles. The van der Waals surface area contributed by atoms with Gasteiger partial charge in [-0.15, -0.1) is 0 Å². The molecule has 1 saturated heterocycles. The van der Waals surface area contributed by atoms with Gasteiger partial charge in [-0.3, -0.25) is 0 Å². The summed E-state index contributed by atoms with van der Waals surface area (Å²) in [5.74, 6) is 0.745. The molecule has 1 atom stereocenters. The summed E-state index contributed by atoms with van der Waals surface area (Å²) in [5, 5.41) is 0. The Balaban J connectivity index is 1.80. The number of benzene rings is 2. The van der Waals surface area contributed by atoms with E-state index < -0.39 is 10.0 Å². The van der Waals surface area contributed by atoms with Crippen molar-refractivity contribution in [1.29, 1.82) is 0 Å². The Bertz CT molecular complexity index is 788. The lowest BCUT2D eigenvalue weighted by molar-refractivity contribution is 0.260. The van der Waals surface area contributed by atoms with Crippen LogP contribution in [0.5, 0.6) is 11.5 Å². The van der Waals surface area contributed by atoms with Gasteiger partial charge < -0.3 is 14.2 Å². The van der Waals surface area contributed by atoms with Gasteiger partial charge in [-0.1, -0.05) is 30.3 Å². The van der Waals surface area contributed by atoms with E-state index in [4.69, 9.17) is 14.2 Å². The van der Waals surface area contributed by atoms with Crippen molar-refractivity contribution in [2.24, 2.45) is 0 Å². The van der Waals surface area contributed by atoms with Crippen molar-refractivity contribution in [2.75, 3.05) is 20.3 Å². The maximum Gasteiger partial charge on any atom is 0.244 e. The first-order valence-corrected chi connectivity index (χ1v) is 9.05. The maximum absolute atomic E-state index is 12.3. The summed E-state index contributed by atoms with van der Waals surface area (Å²) in [5.41, 5.74) is 0.955. The minimum Gasteiger partial charge on any atom is -0.491 e. The van der Waals surface area contributed by atoms with Crippen LogP contribution in [-0.2, 0) is 21.4 Å². The minimum absolute atomic E-state index is 0.0511. The van der Waals surface area contributed by atoms with Crippen molar-refractivity contribution < 1.29 is 22.6 Å². The zero-order valence-electron chi connectivity index (χ0n) is 13.3. The van der Waals surface area contributed by atoms with Crippen molar-refractivity contribution in [3.8, 4) is 11.5 Å². The highest BCUT2D eigenvalue weighted by Crippen LogP contribution is 2.29. The Labute approximate surface area is 141 Å². The molecule has 6 nitrogen and oxygen atoms in total. The van der Waals surface area contributed by atoms with Gasteiger partial charge in [0, 0.05) is 6.07 Å². The predicted octanol–water partition coefficient (Wildman–Crippen LogP) is 1.95. The lowest BCUT2D eigenvalue weighted by Crippen LogP contribution is -2.19. The molecule has 0 amide bonds. The van der Waals surface area contributed by atoms with E-state index in [1.807, 2.05) is 30.3 Å². The first-order chi connectivity index (χ1) is 11.6. The highest BCUT2D eigenvalue weighted by molar-refractivity contribution is 7.89. The molecule has 1 aliphatic heterocycles. The number of sulfonamides is 1. The van der Waals surface area contributed by atoms with Crippen molar-refractivity contribution >= 4 is 10.0 Å². The highest BCUT2D eigenvalue weighted by atomic mass is 32.2. The fourth-order valence-corrected chi connectivity index (χ4v) is 2.99. The van der Waals surface area contributed by atoms with E-state index in [1.54, 1.807) is 12.1 Å². The van der Waals surface area contributed by atoms with E-state index in [9.17, 15) is 8.42 Å². The first-order valence-electron chi connectivity index (χ1n) is 7.57. The highest BCUT2D eigenvalue weighted by Gasteiger charge is 2.24. The molecular weight excluding hydrogens is 330 g/mol. The molecule has 0 bridgehead atoms. The molecule has 1 aliphatic rings. The van der Waals surface area contributed by atoms with Crippen LogP contribution in [0.4, 0.5) is 0 Å². The Hall–Kier alpha value is -2.09. The molecule has 1 heterocycles. The van der Waals surface area contributed by atoms with Crippen LogP contribution in [0.25, 0.3) is 0 Å². The molecule has 0 saturated carbocycles. The monoisotopic (exact) mass is 349 g/mol. The average Bonchev–Trinajstić information content (AvgIpc) is 3.44. The second-order valence-electron chi connectivity index (χ2n) is 5.36. The molecule has 7 heteroatoms. The molecule has 1 fully saturated rings. The van der Waals surface area contributed by atoms with Crippen LogP contribution in [0.15, 0.2) is 53.4 Å². The van der Waals surface area contributed by atoms with Crippen molar-refractivity contribution in [3.05, 3.63) is 54.1 Å². The average molecular weight is 349 g/mol. The zero-order chi connectivity index (χ0) is 17.0. The molecule has 1 unspecified atom stereocenters. The van der Waals surface area contributed by atoms with Crippen LogP contribution >= 0.6 is 0 Å². The van der Waals surface area contributed by atoms with Crippen molar-refractivity contribution in [1.82, 2.24) is 4.72 Å². The van der Waals surface area contributed by atoms with E-state index in [0.29, 0.717) is 19.0 Å². The van der Waals surface area contributed by atoms with Gasteiger partial charge in [0.1, 0.15) is 35.7 Å². The summed E-state index contributed by atoms with van der Waals surface area (Å²) in [4.78, 5) is 0.0511. The third-order valence-electron chi connectivity index (χ3n) is 3.55. The smallest absolute Gasteiger partial charge is 0.244 e. The summed E-state index contributed by atoms with van der Waals surface area (Å²) in [6.07, 6.45) is 0.100. The second-order valence-corrected chi connectivity index (χ2v) is 7.21. The topological polar surface area (TPSA) is 77.2 Å². The molecule has 3 rings (SSSR count). The minimum atomic E-state index is -3.66. The third kappa shape index (κ3) is 4.25. The van der Waals surface area contributed by atoms with Gasteiger partial charge in [0.25, 0.3) is 0 Å². The second kappa shape index (κ2) is 7.21. The van der Waals surface area contributed by atoms with Gasteiger partial charge in [-0.05, 0) is 24.7 Å². The Kier molecular flexibility index (Phi) is 5.03. The number of hydrogen-bond acceptors (Lipinski definition) is 5. The number of hydrogen-bond donors (Lipinski definition) is 1. The van der Waals surface area contributed by atoms with E-state index in [2.05, 4.69) is 4.72 Å². The predicted molar refractivity (Wildman–Crippen MR) is 88.7 cm³/mol. The van der Waals surface area contributed by atoms with Crippen molar-refractivity contribution in [2.45, 2.75) is 17.6 Å². The molecular formula is C17H19NO5S. The summed E-state index contributed by atoms with van der Waals surface area (Å²) in [6, 6.07) is 14.3. The fourth-order valence-electron chi connectivity index (χ4n) is 2.11. The van der Waals surface area contributed by atoms with E-state index in [-0.39, 0.29) is 23.4 Å². The zero-order valence-corrected chi connectivity index (χ0v) is 14.1. The number of epoxide rings is 1. The third-order valence-corrected chi connectivity index (χ3v) is 4.98. The van der Waals surface area contributed by atoms with Crippen LogP contribution in [0.2, 0.25) is 0 Å². The standard InChI is InChI=1S/C17H19NO5S/c1-18-24(19,20)17-9-14(21-11-15-12-22-15)7-8-16(17)23-10-13-5-3-2-4-6-13/h2-9,15,18H,10-12H2,1H3. The molecule has 0 radical (unpaired) electrons. The summed E-state index contributed by atoms with van der Waals surface area (Å²) in [7, 11) is -2.30. The quantitative estimate of drug-likeness (QED) is 0.737. The number of rotatable bonds is 8. The van der Waals surface area contributed by atoms with Gasteiger partial charge in [-0.2, -0.15) is 0 Å². The van der Waals surface area contributed by atoms with Crippen LogP contribution in [0.3, 0.4) is 0 Å². The Morgan fingerprint density at radius 1 is 1.17 bits per heavy atom. The molecule has 128 valence electrons. The molecule has 2 aromatic rings. The number of nitrogens with one attached hydrogen (secondary N) is 1. The Morgan fingerprint density at radius 3 is 2.58 bits per heavy atom. The summed E-state index contributed by atoms with van der Waals surface area (Å²) in [6.45, 7) is 1.37. The number of ether oxygens (including phenoxy) is 3. The normalized spacial score (nSPS) is 16.6. The molecule has 1 N–H and O–H groups in total. The van der Waals surface area contributed by atoms with E-state index in [1.165, 1.54) is 13.1 Å². The fraction of sp³-hybridized carbons (Fsp3) is 0.294. The maximum atomic E-state index is 12.3. The van der Waals surface area contributed by atoms with Crippen LogP contribution < -0.4 is 14.2 Å².